The molecule has 0 aromatic heterocycles. The van der Waals surface area contributed by atoms with E-state index in [4.69, 9.17) is 5.73 Å². The van der Waals surface area contributed by atoms with Crippen molar-refractivity contribution in [3.8, 4) is 0 Å². The van der Waals surface area contributed by atoms with Gasteiger partial charge in [-0.15, -0.1) is 12.4 Å². The smallest absolute Gasteiger partial charge is 0.220 e. The first-order chi connectivity index (χ1) is 9.19. The van der Waals surface area contributed by atoms with E-state index in [9.17, 15) is 4.79 Å². The van der Waals surface area contributed by atoms with Gasteiger partial charge in [0.15, 0.2) is 0 Å². The molecule has 0 aromatic carbocycles. The second-order valence-corrected chi connectivity index (χ2v) is 6.61. The summed E-state index contributed by atoms with van der Waals surface area (Å²) in [6.07, 6.45) is 11.5. The van der Waals surface area contributed by atoms with Crippen molar-refractivity contribution >= 4 is 18.3 Å². The summed E-state index contributed by atoms with van der Waals surface area (Å²) in [7, 11) is 0. The lowest BCUT2D eigenvalue weighted by molar-refractivity contribution is -0.123. The van der Waals surface area contributed by atoms with Crippen LogP contribution in [0.5, 0.6) is 0 Å². The van der Waals surface area contributed by atoms with Crippen molar-refractivity contribution in [1.29, 1.82) is 0 Å². The molecule has 118 valence electrons. The summed E-state index contributed by atoms with van der Waals surface area (Å²) in [4.78, 5) is 12.1. The molecule has 3 nitrogen and oxygen atoms in total. The highest BCUT2D eigenvalue weighted by atomic mass is 35.5. The SMILES string of the molecule is CCC1CCC(NC(=O)CC2CCCCC2N)CC1.Cl. The van der Waals surface area contributed by atoms with Crippen molar-refractivity contribution < 1.29 is 4.79 Å². The summed E-state index contributed by atoms with van der Waals surface area (Å²) < 4.78 is 0. The predicted octanol–water partition coefficient (Wildman–Crippen LogP) is 3.40. The molecule has 2 fully saturated rings. The van der Waals surface area contributed by atoms with Crippen LogP contribution in [-0.4, -0.2) is 18.0 Å². The van der Waals surface area contributed by atoms with Gasteiger partial charge in [-0.25, -0.2) is 0 Å². The fraction of sp³-hybridized carbons (Fsp3) is 0.938. The predicted molar refractivity (Wildman–Crippen MR) is 86.0 cm³/mol. The van der Waals surface area contributed by atoms with Crippen molar-refractivity contribution in [2.75, 3.05) is 0 Å². The van der Waals surface area contributed by atoms with E-state index in [0.29, 0.717) is 18.4 Å². The minimum absolute atomic E-state index is 0. The molecule has 2 rings (SSSR count). The molecular formula is C16H31ClN2O. The maximum Gasteiger partial charge on any atom is 0.220 e. The Bertz CT molecular complexity index is 290. The third kappa shape index (κ3) is 5.25. The third-order valence-corrected chi connectivity index (χ3v) is 5.20. The minimum atomic E-state index is 0. The Morgan fingerprint density at radius 2 is 1.75 bits per heavy atom. The zero-order valence-electron chi connectivity index (χ0n) is 12.8. The topological polar surface area (TPSA) is 55.1 Å². The molecule has 2 aliphatic rings. The van der Waals surface area contributed by atoms with Gasteiger partial charge in [0.25, 0.3) is 0 Å². The van der Waals surface area contributed by atoms with Gasteiger partial charge in [-0.05, 0) is 50.4 Å². The van der Waals surface area contributed by atoms with E-state index in [2.05, 4.69) is 12.2 Å². The lowest BCUT2D eigenvalue weighted by Gasteiger charge is -2.31. The Labute approximate surface area is 129 Å². The summed E-state index contributed by atoms with van der Waals surface area (Å²) in [5, 5.41) is 3.24. The van der Waals surface area contributed by atoms with Gasteiger partial charge in [-0.1, -0.05) is 26.2 Å². The lowest BCUT2D eigenvalue weighted by Crippen LogP contribution is -2.41. The van der Waals surface area contributed by atoms with E-state index in [-0.39, 0.29) is 24.4 Å². The Hall–Kier alpha value is -0.280. The van der Waals surface area contributed by atoms with E-state index in [1.807, 2.05) is 0 Å². The van der Waals surface area contributed by atoms with Crippen LogP contribution in [0.25, 0.3) is 0 Å². The molecule has 0 radical (unpaired) electrons. The van der Waals surface area contributed by atoms with Crippen LogP contribution in [-0.2, 0) is 4.79 Å². The molecule has 0 saturated heterocycles. The van der Waals surface area contributed by atoms with Crippen LogP contribution in [0.4, 0.5) is 0 Å². The van der Waals surface area contributed by atoms with E-state index in [0.717, 1.165) is 18.8 Å². The van der Waals surface area contributed by atoms with Gasteiger partial charge in [0.1, 0.15) is 0 Å². The number of nitrogens with one attached hydrogen (secondary N) is 1. The molecule has 2 aliphatic carbocycles. The molecule has 2 atom stereocenters. The molecule has 0 bridgehead atoms. The monoisotopic (exact) mass is 302 g/mol. The Balaban J connectivity index is 0.00000200. The summed E-state index contributed by atoms with van der Waals surface area (Å²) in [5.74, 6) is 1.54. The van der Waals surface area contributed by atoms with Crippen LogP contribution < -0.4 is 11.1 Å². The number of halogens is 1. The molecule has 0 spiro atoms. The van der Waals surface area contributed by atoms with Crippen molar-refractivity contribution in [2.24, 2.45) is 17.6 Å². The molecule has 0 heterocycles. The number of hydrogen-bond acceptors (Lipinski definition) is 2. The van der Waals surface area contributed by atoms with Gasteiger partial charge in [0, 0.05) is 18.5 Å². The van der Waals surface area contributed by atoms with E-state index in [1.165, 1.54) is 44.9 Å². The van der Waals surface area contributed by atoms with Gasteiger partial charge in [0.05, 0.1) is 0 Å². The van der Waals surface area contributed by atoms with Gasteiger partial charge in [-0.3, -0.25) is 4.79 Å². The van der Waals surface area contributed by atoms with Crippen molar-refractivity contribution in [3.63, 3.8) is 0 Å². The first kappa shape index (κ1) is 17.8. The van der Waals surface area contributed by atoms with Gasteiger partial charge in [0.2, 0.25) is 5.91 Å². The number of hydrogen-bond donors (Lipinski definition) is 2. The first-order valence-electron chi connectivity index (χ1n) is 8.24. The normalized spacial score (nSPS) is 34.1. The largest absolute Gasteiger partial charge is 0.353 e. The molecular weight excluding hydrogens is 272 g/mol. The van der Waals surface area contributed by atoms with E-state index in [1.54, 1.807) is 0 Å². The average Bonchev–Trinajstić information content (AvgIpc) is 2.42. The van der Waals surface area contributed by atoms with Crippen LogP contribution in [0.15, 0.2) is 0 Å². The quantitative estimate of drug-likeness (QED) is 0.836. The fourth-order valence-electron chi connectivity index (χ4n) is 3.73. The van der Waals surface area contributed by atoms with Crippen LogP contribution >= 0.6 is 12.4 Å². The van der Waals surface area contributed by atoms with Crippen LogP contribution in [0.3, 0.4) is 0 Å². The molecule has 2 saturated carbocycles. The van der Waals surface area contributed by atoms with Crippen LogP contribution in [0.1, 0.15) is 71.1 Å². The van der Waals surface area contributed by atoms with Crippen LogP contribution in [0.2, 0.25) is 0 Å². The summed E-state index contributed by atoms with van der Waals surface area (Å²) in [6.45, 7) is 2.27. The number of amides is 1. The number of nitrogens with two attached hydrogens (primary N) is 1. The molecule has 4 heteroatoms. The molecule has 3 N–H and O–H groups in total. The molecule has 0 aromatic rings. The maximum atomic E-state index is 12.1. The summed E-state index contributed by atoms with van der Waals surface area (Å²) in [6, 6.07) is 0.672. The number of carbonyl (C=O) groups is 1. The highest BCUT2D eigenvalue weighted by molar-refractivity contribution is 5.85. The highest BCUT2D eigenvalue weighted by Crippen LogP contribution is 2.28. The van der Waals surface area contributed by atoms with Crippen LogP contribution in [0, 0.1) is 11.8 Å². The molecule has 20 heavy (non-hydrogen) atoms. The Kier molecular flexibility index (Phi) is 7.90. The zero-order valence-corrected chi connectivity index (χ0v) is 13.6. The second kappa shape index (κ2) is 8.89. The molecule has 0 aliphatic heterocycles. The number of rotatable bonds is 4. The molecule has 1 amide bonds. The minimum Gasteiger partial charge on any atom is -0.353 e. The maximum absolute atomic E-state index is 12.1. The second-order valence-electron chi connectivity index (χ2n) is 6.61. The zero-order chi connectivity index (χ0) is 13.7. The lowest BCUT2D eigenvalue weighted by atomic mass is 9.82. The highest BCUT2D eigenvalue weighted by Gasteiger charge is 2.26. The van der Waals surface area contributed by atoms with E-state index < -0.39 is 0 Å². The standard InChI is InChI=1S/C16H30N2O.ClH/c1-2-12-7-9-14(10-8-12)18-16(19)11-13-5-3-4-6-15(13)17;/h12-15H,2-11,17H2,1H3,(H,18,19);1H. The van der Waals surface area contributed by atoms with Crippen molar-refractivity contribution in [3.05, 3.63) is 0 Å². The third-order valence-electron chi connectivity index (χ3n) is 5.20. The molecule has 2 unspecified atom stereocenters. The number of carbonyl (C=O) groups excluding carboxylic acids is 1. The van der Waals surface area contributed by atoms with Crippen molar-refractivity contribution in [2.45, 2.75) is 83.2 Å². The van der Waals surface area contributed by atoms with E-state index >= 15 is 0 Å². The Morgan fingerprint density at radius 3 is 2.35 bits per heavy atom. The van der Waals surface area contributed by atoms with Gasteiger partial charge in [-0.2, -0.15) is 0 Å². The first-order valence-corrected chi connectivity index (χ1v) is 8.24. The van der Waals surface area contributed by atoms with Gasteiger partial charge >= 0.3 is 0 Å². The summed E-state index contributed by atoms with van der Waals surface area (Å²) in [5.41, 5.74) is 6.12. The fourth-order valence-corrected chi connectivity index (χ4v) is 3.73. The Morgan fingerprint density at radius 1 is 1.10 bits per heavy atom. The van der Waals surface area contributed by atoms with Crippen molar-refractivity contribution in [1.82, 2.24) is 5.32 Å². The average molecular weight is 303 g/mol. The summed E-state index contributed by atoms with van der Waals surface area (Å²) >= 11 is 0. The van der Waals surface area contributed by atoms with Gasteiger partial charge < -0.3 is 11.1 Å².